The Labute approximate surface area is 121 Å². The number of sulfonamides is 1. The SMILES string of the molecule is CCC(C)N(CC)S(=O)(=O)c1ccc(CNC)cc1F. The van der Waals surface area contributed by atoms with Crippen molar-refractivity contribution in [3.05, 3.63) is 29.6 Å². The second kappa shape index (κ2) is 7.15. The third-order valence-corrected chi connectivity index (χ3v) is 5.48. The summed E-state index contributed by atoms with van der Waals surface area (Å²) in [6, 6.07) is 4.11. The van der Waals surface area contributed by atoms with Crippen molar-refractivity contribution >= 4 is 10.0 Å². The van der Waals surface area contributed by atoms with Crippen LogP contribution in [0.5, 0.6) is 0 Å². The van der Waals surface area contributed by atoms with Crippen molar-refractivity contribution in [3.8, 4) is 0 Å². The molecule has 0 aliphatic rings. The molecule has 0 heterocycles. The predicted molar refractivity (Wildman–Crippen MR) is 78.5 cm³/mol. The zero-order valence-corrected chi connectivity index (χ0v) is 13.3. The van der Waals surface area contributed by atoms with Crippen molar-refractivity contribution in [2.75, 3.05) is 13.6 Å². The Morgan fingerprint density at radius 1 is 1.35 bits per heavy atom. The van der Waals surface area contributed by atoms with Crippen molar-refractivity contribution < 1.29 is 12.8 Å². The quantitative estimate of drug-likeness (QED) is 0.841. The van der Waals surface area contributed by atoms with E-state index in [0.29, 0.717) is 19.5 Å². The normalized spacial score (nSPS) is 13.7. The van der Waals surface area contributed by atoms with Crippen LogP contribution in [0.4, 0.5) is 4.39 Å². The van der Waals surface area contributed by atoms with Crippen LogP contribution in [0.25, 0.3) is 0 Å². The van der Waals surface area contributed by atoms with Crippen LogP contribution < -0.4 is 5.32 Å². The highest BCUT2D eigenvalue weighted by Crippen LogP contribution is 2.23. The summed E-state index contributed by atoms with van der Waals surface area (Å²) < 4.78 is 40.5. The molecule has 1 rings (SSSR count). The van der Waals surface area contributed by atoms with Crippen molar-refractivity contribution in [1.29, 1.82) is 0 Å². The molecule has 0 aliphatic carbocycles. The molecule has 0 saturated carbocycles. The van der Waals surface area contributed by atoms with Gasteiger partial charge in [-0.05, 0) is 38.1 Å². The Morgan fingerprint density at radius 3 is 2.45 bits per heavy atom. The first-order valence-corrected chi connectivity index (χ1v) is 8.27. The van der Waals surface area contributed by atoms with E-state index in [1.807, 2.05) is 13.8 Å². The lowest BCUT2D eigenvalue weighted by atomic mass is 10.2. The van der Waals surface area contributed by atoms with E-state index < -0.39 is 15.8 Å². The maximum atomic E-state index is 14.1. The van der Waals surface area contributed by atoms with Crippen LogP contribution in [0.15, 0.2) is 23.1 Å². The molecule has 6 heteroatoms. The topological polar surface area (TPSA) is 49.4 Å². The van der Waals surface area contributed by atoms with Gasteiger partial charge in [0.2, 0.25) is 10.0 Å². The van der Waals surface area contributed by atoms with Gasteiger partial charge in [-0.1, -0.05) is 19.9 Å². The fourth-order valence-corrected chi connectivity index (χ4v) is 3.88. The Bertz CT molecular complexity index is 546. The lowest BCUT2D eigenvalue weighted by molar-refractivity contribution is 0.341. The number of hydrogen-bond donors (Lipinski definition) is 1. The average Bonchev–Trinajstić information content (AvgIpc) is 2.39. The molecule has 114 valence electrons. The first-order valence-electron chi connectivity index (χ1n) is 6.83. The molecule has 4 nitrogen and oxygen atoms in total. The Kier molecular flexibility index (Phi) is 6.10. The minimum Gasteiger partial charge on any atom is -0.316 e. The first kappa shape index (κ1) is 17.1. The van der Waals surface area contributed by atoms with Crippen LogP contribution in [-0.2, 0) is 16.6 Å². The van der Waals surface area contributed by atoms with Gasteiger partial charge in [-0.25, -0.2) is 12.8 Å². The van der Waals surface area contributed by atoms with Crippen LogP contribution in [0.3, 0.4) is 0 Å². The lowest BCUT2D eigenvalue weighted by Crippen LogP contribution is -2.38. The lowest BCUT2D eigenvalue weighted by Gasteiger charge is -2.26. The molecule has 0 spiro atoms. The van der Waals surface area contributed by atoms with E-state index in [1.165, 1.54) is 16.4 Å². The van der Waals surface area contributed by atoms with Crippen LogP contribution in [-0.4, -0.2) is 32.4 Å². The maximum Gasteiger partial charge on any atom is 0.246 e. The van der Waals surface area contributed by atoms with Crippen LogP contribution in [0.2, 0.25) is 0 Å². The second-order valence-electron chi connectivity index (χ2n) is 4.76. The number of nitrogens with one attached hydrogen (secondary N) is 1. The summed E-state index contributed by atoms with van der Waals surface area (Å²) in [6.07, 6.45) is 0.687. The minimum atomic E-state index is -3.79. The predicted octanol–water partition coefficient (Wildman–Crippen LogP) is 2.35. The monoisotopic (exact) mass is 302 g/mol. The van der Waals surface area contributed by atoms with Crippen molar-refractivity contribution in [2.24, 2.45) is 0 Å². The van der Waals surface area contributed by atoms with Gasteiger partial charge in [0, 0.05) is 19.1 Å². The standard InChI is InChI=1S/C14H23FN2O2S/c1-5-11(3)17(6-2)20(18,19)14-8-7-12(10-16-4)9-13(14)15/h7-9,11,16H,5-6,10H2,1-4H3. The number of hydrogen-bond acceptors (Lipinski definition) is 3. The summed E-state index contributed by atoms with van der Waals surface area (Å²) in [5.74, 6) is -0.695. The smallest absolute Gasteiger partial charge is 0.246 e. The van der Waals surface area contributed by atoms with Crippen LogP contribution in [0, 0.1) is 5.82 Å². The fourth-order valence-electron chi connectivity index (χ4n) is 2.12. The van der Waals surface area contributed by atoms with Crippen molar-refractivity contribution in [1.82, 2.24) is 9.62 Å². The highest BCUT2D eigenvalue weighted by Gasteiger charge is 2.29. The van der Waals surface area contributed by atoms with Gasteiger partial charge in [0.25, 0.3) is 0 Å². The van der Waals surface area contributed by atoms with Gasteiger partial charge in [-0.15, -0.1) is 0 Å². The summed E-state index contributed by atoms with van der Waals surface area (Å²) in [5, 5.41) is 2.90. The number of rotatable bonds is 7. The summed E-state index contributed by atoms with van der Waals surface area (Å²) >= 11 is 0. The molecule has 1 N–H and O–H groups in total. The first-order chi connectivity index (χ1) is 9.38. The highest BCUT2D eigenvalue weighted by atomic mass is 32.2. The maximum absolute atomic E-state index is 14.1. The molecule has 1 unspecified atom stereocenters. The van der Waals surface area contributed by atoms with E-state index >= 15 is 0 Å². The Hall–Kier alpha value is -0.980. The molecule has 0 fully saturated rings. The molecular formula is C14H23FN2O2S. The number of nitrogens with zero attached hydrogens (tertiary/aromatic N) is 1. The van der Waals surface area contributed by atoms with E-state index in [4.69, 9.17) is 0 Å². The minimum absolute atomic E-state index is 0.151. The zero-order valence-electron chi connectivity index (χ0n) is 12.5. The highest BCUT2D eigenvalue weighted by molar-refractivity contribution is 7.89. The molecule has 20 heavy (non-hydrogen) atoms. The molecule has 0 saturated heterocycles. The van der Waals surface area contributed by atoms with E-state index in [9.17, 15) is 12.8 Å². The third-order valence-electron chi connectivity index (χ3n) is 3.36. The number of benzene rings is 1. The van der Waals surface area contributed by atoms with Gasteiger partial charge >= 0.3 is 0 Å². The van der Waals surface area contributed by atoms with Crippen molar-refractivity contribution in [3.63, 3.8) is 0 Å². The molecule has 0 radical (unpaired) electrons. The molecule has 0 aromatic heterocycles. The molecule has 0 aliphatic heterocycles. The third kappa shape index (κ3) is 3.56. The van der Waals surface area contributed by atoms with Gasteiger partial charge in [0.15, 0.2) is 0 Å². The van der Waals surface area contributed by atoms with Gasteiger partial charge in [-0.2, -0.15) is 4.31 Å². The van der Waals surface area contributed by atoms with Gasteiger partial charge in [0.1, 0.15) is 10.7 Å². The molecule has 1 aromatic carbocycles. The summed E-state index contributed by atoms with van der Waals surface area (Å²) in [7, 11) is -2.03. The van der Waals surface area contributed by atoms with Gasteiger partial charge < -0.3 is 5.32 Å². The molecule has 1 atom stereocenters. The van der Waals surface area contributed by atoms with Crippen LogP contribution >= 0.6 is 0 Å². The Balaban J connectivity index is 3.21. The van der Waals surface area contributed by atoms with Gasteiger partial charge in [0.05, 0.1) is 0 Å². The molecule has 0 amide bonds. The summed E-state index contributed by atoms with van der Waals surface area (Å²) in [6.45, 7) is 6.33. The number of halogens is 1. The summed E-state index contributed by atoms with van der Waals surface area (Å²) in [5.41, 5.74) is 0.718. The van der Waals surface area contributed by atoms with Crippen molar-refractivity contribution in [2.45, 2.75) is 44.7 Å². The Morgan fingerprint density at radius 2 is 2.00 bits per heavy atom. The van der Waals surface area contributed by atoms with E-state index in [1.54, 1.807) is 20.0 Å². The largest absolute Gasteiger partial charge is 0.316 e. The van der Waals surface area contributed by atoms with E-state index in [2.05, 4.69) is 5.32 Å². The van der Waals surface area contributed by atoms with E-state index in [0.717, 1.165) is 5.56 Å². The summed E-state index contributed by atoms with van der Waals surface area (Å²) in [4.78, 5) is -0.250. The van der Waals surface area contributed by atoms with Crippen LogP contribution in [0.1, 0.15) is 32.8 Å². The van der Waals surface area contributed by atoms with E-state index in [-0.39, 0.29) is 10.9 Å². The molecule has 0 bridgehead atoms. The zero-order chi connectivity index (χ0) is 15.3. The molecule has 1 aromatic rings. The van der Waals surface area contributed by atoms with Gasteiger partial charge in [-0.3, -0.25) is 0 Å². The second-order valence-corrected chi connectivity index (χ2v) is 6.62. The molecular weight excluding hydrogens is 279 g/mol. The average molecular weight is 302 g/mol. The fraction of sp³-hybridized carbons (Fsp3) is 0.571.